The maximum absolute atomic E-state index is 12.7. The minimum absolute atomic E-state index is 0.0152. The Balaban J connectivity index is 3.28. The van der Waals surface area contributed by atoms with E-state index in [-0.39, 0.29) is 31.6 Å². The highest BCUT2D eigenvalue weighted by Gasteiger charge is 2.25. The number of rotatable bonds is 8. The van der Waals surface area contributed by atoms with Crippen LogP contribution in [0.5, 0.6) is 0 Å². The molecule has 0 saturated heterocycles. The number of hydrogen-bond acceptors (Lipinski definition) is 11. The van der Waals surface area contributed by atoms with Gasteiger partial charge in [-0.05, 0) is 69.2 Å². The Morgan fingerprint density at radius 1 is 0.634 bits per heavy atom. The van der Waals surface area contributed by atoms with Crippen LogP contribution in [0.25, 0.3) is 0 Å². The molecule has 0 bridgehead atoms. The first-order valence-corrected chi connectivity index (χ1v) is 14.1. The summed E-state index contributed by atoms with van der Waals surface area (Å²) in [5.74, 6) is -2.18. The fourth-order valence-corrected chi connectivity index (χ4v) is 3.93. The Labute approximate surface area is 245 Å². The molecule has 0 amide bonds. The van der Waals surface area contributed by atoms with Crippen molar-refractivity contribution in [3.63, 3.8) is 0 Å². The molecule has 1 aliphatic rings. The van der Waals surface area contributed by atoms with E-state index in [0.29, 0.717) is 39.3 Å². The van der Waals surface area contributed by atoms with E-state index in [0.717, 1.165) is 0 Å². The van der Waals surface area contributed by atoms with Gasteiger partial charge in [0.1, 0.15) is 29.4 Å². The van der Waals surface area contributed by atoms with Crippen LogP contribution in [-0.2, 0) is 33.4 Å². The monoisotopic (exact) mass is 584 g/mol. The van der Waals surface area contributed by atoms with Gasteiger partial charge in [-0.1, -0.05) is 0 Å². The van der Waals surface area contributed by atoms with Crippen molar-refractivity contribution in [3.05, 3.63) is 12.4 Å². The summed E-state index contributed by atoms with van der Waals surface area (Å²) < 4.78 is 16.6. The summed E-state index contributed by atoms with van der Waals surface area (Å²) in [5, 5.41) is 9.70. The number of carboxylic acid groups (broad SMARTS) is 1. The third-order valence-electron chi connectivity index (χ3n) is 5.73. The summed E-state index contributed by atoms with van der Waals surface area (Å²) >= 11 is 0. The lowest BCUT2D eigenvalue weighted by Crippen LogP contribution is -2.47. The van der Waals surface area contributed by atoms with Crippen LogP contribution < -0.4 is 0 Å². The Kier molecular flexibility index (Phi) is 13.6. The lowest BCUT2D eigenvalue weighted by molar-refractivity contribution is -0.158. The van der Waals surface area contributed by atoms with E-state index in [9.17, 15) is 24.3 Å². The zero-order chi connectivity index (χ0) is 31.6. The van der Waals surface area contributed by atoms with Gasteiger partial charge in [0.25, 0.3) is 0 Å². The first-order chi connectivity index (χ1) is 18.6. The van der Waals surface area contributed by atoms with Gasteiger partial charge in [0.15, 0.2) is 0 Å². The summed E-state index contributed by atoms with van der Waals surface area (Å²) in [6, 6.07) is -0.843. The van der Waals surface area contributed by atoms with Gasteiger partial charge in [0, 0.05) is 51.7 Å². The summed E-state index contributed by atoms with van der Waals surface area (Å²) in [7, 11) is 0. The second kappa shape index (κ2) is 15.4. The molecule has 12 nitrogen and oxygen atoms in total. The summed E-state index contributed by atoms with van der Waals surface area (Å²) in [6.45, 7) is 20.1. The second-order valence-corrected chi connectivity index (χ2v) is 13.3. The highest BCUT2D eigenvalue weighted by molar-refractivity contribution is 5.74. The largest absolute Gasteiger partial charge is 0.480 e. The van der Waals surface area contributed by atoms with Gasteiger partial charge in [0.2, 0.25) is 0 Å². The SMILES string of the molecule is C[C@@H](C(=O)O)N1/C=C\N(CC(=O)OC(C)(C)C)CCN(CC(=O)OC(C)(C)C)CCN(CC(=O)OC(C)(C)C)CC1. The molecule has 1 rings (SSSR count). The van der Waals surface area contributed by atoms with Gasteiger partial charge in [-0.15, -0.1) is 0 Å². The Morgan fingerprint density at radius 2 is 1.00 bits per heavy atom. The zero-order valence-corrected chi connectivity index (χ0v) is 26.7. The van der Waals surface area contributed by atoms with Crippen LogP contribution in [-0.4, -0.2) is 130 Å². The molecule has 1 heterocycles. The number of ether oxygens (including phenoxy) is 3. The number of hydrogen-bond donors (Lipinski definition) is 1. The van der Waals surface area contributed by atoms with Gasteiger partial charge in [-0.3, -0.25) is 24.2 Å². The zero-order valence-electron chi connectivity index (χ0n) is 26.7. The normalized spacial score (nSPS) is 18.5. The molecule has 1 N–H and O–H groups in total. The van der Waals surface area contributed by atoms with Gasteiger partial charge in [-0.2, -0.15) is 0 Å². The fraction of sp³-hybridized carbons (Fsp3) is 0.793. The molecule has 0 aromatic carbocycles. The topological polar surface area (TPSA) is 129 Å². The predicted octanol–water partition coefficient (Wildman–Crippen LogP) is 2.18. The van der Waals surface area contributed by atoms with Crippen LogP contribution >= 0.6 is 0 Å². The minimum atomic E-state index is -0.998. The smallest absolute Gasteiger partial charge is 0.326 e. The summed E-state index contributed by atoms with van der Waals surface area (Å²) in [6.07, 6.45) is 3.32. The van der Waals surface area contributed by atoms with Gasteiger partial charge >= 0.3 is 23.9 Å². The number of carbonyl (C=O) groups is 4. The van der Waals surface area contributed by atoms with Crippen LogP contribution in [0.15, 0.2) is 12.4 Å². The van der Waals surface area contributed by atoms with Crippen molar-refractivity contribution in [2.75, 3.05) is 58.9 Å². The lowest BCUT2D eigenvalue weighted by Gasteiger charge is -2.34. The molecule has 0 spiro atoms. The molecular formula is C29H52N4O8. The van der Waals surface area contributed by atoms with Crippen molar-refractivity contribution in [1.29, 1.82) is 0 Å². The maximum Gasteiger partial charge on any atom is 0.326 e. The molecule has 41 heavy (non-hydrogen) atoms. The van der Waals surface area contributed by atoms with Crippen molar-refractivity contribution in [3.8, 4) is 0 Å². The summed E-state index contributed by atoms with van der Waals surface area (Å²) in [4.78, 5) is 57.1. The summed E-state index contributed by atoms with van der Waals surface area (Å²) in [5.41, 5.74) is -1.93. The van der Waals surface area contributed by atoms with Crippen molar-refractivity contribution in [1.82, 2.24) is 19.6 Å². The van der Waals surface area contributed by atoms with Gasteiger partial charge in [-0.25, -0.2) is 4.79 Å². The Bertz CT molecular complexity index is 917. The number of nitrogens with zero attached hydrogens (tertiary/aromatic N) is 4. The molecule has 0 aromatic rings. The first kappa shape index (κ1) is 36.2. The highest BCUT2D eigenvalue weighted by Crippen LogP contribution is 2.12. The van der Waals surface area contributed by atoms with E-state index in [2.05, 4.69) is 0 Å². The molecule has 0 fully saturated rings. The molecule has 0 radical (unpaired) electrons. The molecule has 0 unspecified atom stereocenters. The van der Waals surface area contributed by atoms with Gasteiger partial charge < -0.3 is 29.1 Å². The highest BCUT2D eigenvalue weighted by atomic mass is 16.6. The van der Waals surface area contributed by atoms with E-state index in [1.54, 1.807) is 91.4 Å². The van der Waals surface area contributed by atoms with Crippen LogP contribution in [0.3, 0.4) is 0 Å². The quantitative estimate of drug-likeness (QED) is 0.332. The van der Waals surface area contributed by atoms with E-state index >= 15 is 0 Å². The molecule has 12 heteroatoms. The van der Waals surface area contributed by atoms with E-state index in [4.69, 9.17) is 14.2 Å². The first-order valence-electron chi connectivity index (χ1n) is 14.1. The second-order valence-electron chi connectivity index (χ2n) is 13.3. The van der Waals surface area contributed by atoms with Crippen LogP contribution in [0.4, 0.5) is 0 Å². The third kappa shape index (κ3) is 16.9. The number of carbonyl (C=O) groups excluding carboxylic acids is 3. The Hall–Kier alpha value is -2.86. The number of carboxylic acids is 1. The number of aliphatic carboxylic acids is 1. The number of esters is 3. The molecule has 236 valence electrons. The van der Waals surface area contributed by atoms with E-state index < -0.39 is 34.8 Å². The average Bonchev–Trinajstić information content (AvgIpc) is 2.74. The van der Waals surface area contributed by atoms with Crippen LogP contribution in [0.1, 0.15) is 69.2 Å². The minimum Gasteiger partial charge on any atom is -0.480 e. The third-order valence-corrected chi connectivity index (χ3v) is 5.73. The van der Waals surface area contributed by atoms with Crippen molar-refractivity contribution in [2.45, 2.75) is 92.1 Å². The van der Waals surface area contributed by atoms with E-state index in [1.165, 1.54) is 0 Å². The molecule has 0 aromatic heterocycles. The predicted molar refractivity (Wildman–Crippen MR) is 155 cm³/mol. The molecule has 1 atom stereocenters. The maximum atomic E-state index is 12.7. The van der Waals surface area contributed by atoms with E-state index in [1.807, 2.05) is 9.80 Å². The molecule has 0 saturated carbocycles. The van der Waals surface area contributed by atoms with Crippen LogP contribution in [0, 0.1) is 0 Å². The van der Waals surface area contributed by atoms with Crippen LogP contribution in [0.2, 0.25) is 0 Å². The fourth-order valence-electron chi connectivity index (χ4n) is 3.93. The average molecular weight is 585 g/mol. The molecule has 1 aliphatic heterocycles. The van der Waals surface area contributed by atoms with Crippen molar-refractivity contribution < 1.29 is 38.5 Å². The Morgan fingerprint density at radius 3 is 1.39 bits per heavy atom. The van der Waals surface area contributed by atoms with Crippen molar-refractivity contribution in [2.24, 2.45) is 0 Å². The lowest BCUT2D eigenvalue weighted by atomic mass is 10.2. The molecular weight excluding hydrogens is 532 g/mol. The molecule has 0 aliphatic carbocycles. The van der Waals surface area contributed by atoms with Crippen molar-refractivity contribution >= 4 is 23.9 Å². The van der Waals surface area contributed by atoms with Gasteiger partial charge in [0.05, 0.1) is 13.1 Å². The standard InChI is InChI=1S/C29H52N4O8/c1-22(26(37)38)33-17-15-31(20-24(35)40-28(5,6)7)13-11-30(19-23(34)39-27(2,3)4)12-14-32(16-18-33)21-25(36)41-29(8,9)10/h15,17,22H,11-14,16,18-21H2,1-10H3,(H,37,38)/b17-15-/t22-/m0/s1.